The topological polar surface area (TPSA) is 42.2 Å². The van der Waals surface area contributed by atoms with Gasteiger partial charge in [-0.15, -0.1) is 11.3 Å². The number of nitrogens with zero attached hydrogens (tertiary/aromatic N) is 3. The van der Waals surface area contributed by atoms with E-state index in [0.29, 0.717) is 23.4 Å². The molecule has 0 bridgehead atoms. The zero-order chi connectivity index (χ0) is 15.6. The van der Waals surface area contributed by atoms with Crippen molar-refractivity contribution in [1.29, 1.82) is 0 Å². The Kier molecular flexibility index (Phi) is 3.51. The SMILES string of the molecule is Fc1ccccc1-c1nc2cnccn2c1NCc1cccs1. The van der Waals surface area contributed by atoms with Crippen molar-refractivity contribution >= 4 is 22.8 Å². The second-order valence-corrected chi connectivity index (χ2v) is 6.06. The summed E-state index contributed by atoms with van der Waals surface area (Å²) < 4.78 is 16.1. The van der Waals surface area contributed by atoms with E-state index in [4.69, 9.17) is 0 Å². The fourth-order valence-electron chi connectivity index (χ4n) is 2.50. The summed E-state index contributed by atoms with van der Waals surface area (Å²) in [6, 6.07) is 10.7. The lowest BCUT2D eigenvalue weighted by molar-refractivity contribution is 0.631. The van der Waals surface area contributed by atoms with E-state index in [0.717, 1.165) is 5.82 Å². The van der Waals surface area contributed by atoms with Gasteiger partial charge in [-0.05, 0) is 23.6 Å². The molecule has 1 aromatic carbocycles. The van der Waals surface area contributed by atoms with Crippen molar-refractivity contribution in [3.8, 4) is 11.3 Å². The molecule has 0 saturated heterocycles. The van der Waals surface area contributed by atoms with Gasteiger partial charge >= 0.3 is 0 Å². The molecule has 0 aliphatic heterocycles. The van der Waals surface area contributed by atoms with Gasteiger partial charge < -0.3 is 5.32 Å². The highest BCUT2D eigenvalue weighted by Crippen LogP contribution is 2.30. The lowest BCUT2D eigenvalue weighted by Crippen LogP contribution is -2.02. The number of rotatable bonds is 4. The monoisotopic (exact) mass is 324 g/mol. The van der Waals surface area contributed by atoms with E-state index in [1.54, 1.807) is 35.9 Å². The van der Waals surface area contributed by atoms with E-state index in [9.17, 15) is 4.39 Å². The fourth-order valence-corrected chi connectivity index (χ4v) is 3.15. The molecule has 0 fully saturated rings. The van der Waals surface area contributed by atoms with Crippen LogP contribution in [0.4, 0.5) is 10.2 Å². The van der Waals surface area contributed by atoms with E-state index in [1.165, 1.54) is 10.9 Å². The second-order valence-electron chi connectivity index (χ2n) is 5.03. The van der Waals surface area contributed by atoms with Crippen LogP contribution >= 0.6 is 11.3 Å². The van der Waals surface area contributed by atoms with Crippen LogP contribution in [0.5, 0.6) is 0 Å². The second kappa shape index (κ2) is 5.81. The molecule has 0 saturated carbocycles. The normalized spacial score (nSPS) is 11.0. The molecule has 0 spiro atoms. The Morgan fingerprint density at radius 3 is 2.91 bits per heavy atom. The number of benzene rings is 1. The van der Waals surface area contributed by atoms with Crippen molar-refractivity contribution in [2.75, 3.05) is 5.32 Å². The molecule has 0 amide bonds. The molecule has 4 rings (SSSR count). The Hall–Kier alpha value is -2.73. The number of nitrogens with one attached hydrogen (secondary N) is 1. The van der Waals surface area contributed by atoms with Crippen LogP contribution in [0.15, 0.2) is 60.4 Å². The van der Waals surface area contributed by atoms with E-state index in [2.05, 4.69) is 21.4 Å². The van der Waals surface area contributed by atoms with Crippen molar-refractivity contribution in [3.63, 3.8) is 0 Å². The van der Waals surface area contributed by atoms with Crippen molar-refractivity contribution in [2.45, 2.75) is 6.54 Å². The summed E-state index contributed by atoms with van der Waals surface area (Å²) in [4.78, 5) is 9.84. The first-order chi connectivity index (χ1) is 11.3. The number of halogens is 1. The third-order valence-corrected chi connectivity index (χ3v) is 4.45. The van der Waals surface area contributed by atoms with Crippen LogP contribution in [-0.2, 0) is 6.54 Å². The van der Waals surface area contributed by atoms with Crippen molar-refractivity contribution in [3.05, 3.63) is 71.1 Å². The van der Waals surface area contributed by atoms with Crippen molar-refractivity contribution in [1.82, 2.24) is 14.4 Å². The zero-order valence-corrected chi connectivity index (χ0v) is 12.9. The summed E-state index contributed by atoms with van der Waals surface area (Å²) in [5.41, 5.74) is 1.75. The molecule has 0 unspecified atom stereocenters. The first kappa shape index (κ1) is 13.9. The minimum atomic E-state index is -0.289. The number of thiophene rings is 1. The van der Waals surface area contributed by atoms with E-state index >= 15 is 0 Å². The summed E-state index contributed by atoms with van der Waals surface area (Å²) in [6.45, 7) is 0.662. The summed E-state index contributed by atoms with van der Waals surface area (Å²) in [5.74, 6) is 0.476. The fraction of sp³-hybridized carbons (Fsp3) is 0.0588. The summed E-state index contributed by atoms with van der Waals surface area (Å²) in [6.07, 6.45) is 5.18. The first-order valence-electron chi connectivity index (χ1n) is 7.16. The lowest BCUT2D eigenvalue weighted by atomic mass is 10.1. The molecular formula is C17H13FN4S. The number of fused-ring (bicyclic) bond motifs is 1. The van der Waals surface area contributed by atoms with Crippen LogP contribution in [0.1, 0.15) is 4.88 Å². The number of aromatic nitrogens is 3. The Morgan fingerprint density at radius 1 is 1.17 bits per heavy atom. The number of imidazole rings is 1. The summed E-state index contributed by atoms with van der Waals surface area (Å²) in [5, 5.41) is 5.42. The van der Waals surface area contributed by atoms with Crippen molar-refractivity contribution < 1.29 is 4.39 Å². The maximum atomic E-state index is 14.2. The minimum Gasteiger partial charge on any atom is -0.364 e. The van der Waals surface area contributed by atoms with E-state index in [1.807, 2.05) is 28.1 Å². The largest absolute Gasteiger partial charge is 0.364 e. The zero-order valence-electron chi connectivity index (χ0n) is 12.1. The maximum Gasteiger partial charge on any atom is 0.157 e. The third-order valence-electron chi connectivity index (χ3n) is 3.57. The van der Waals surface area contributed by atoms with Gasteiger partial charge in [0.05, 0.1) is 12.7 Å². The third kappa shape index (κ3) is 2.57. The van der Waals surface area contributed by atoms with Crippen LogP contribution < -0.4 is 5.32 Å². The molecule has 0 radical (unpaired) electrons. The number of hydrogen-bond acceptors (Lipinski definition) is 4. The average molecular weight is 324 g/mol. The average Bonchev–Trinajstić information content (AvgIpc) is 3.21. The Balaban J connectivity index is 1.83. The van der Waals surface area contributed by atoms with E-state index < -0.39 is 0 Å². The standard InChI is InChI=1S/C17H13FN4S/c18-14-6-2-1-5-13(14)16-17(20-10-12-4-3-9-23-12)22-8-7-19-11-15(22)21-16/h1-9,11,20H,10H2. The first-order valence-corrected chi connectivity index (χ1v) is 8.04. The van der Waals surface area contributed by atoms with Crippen LogP contribution in [0.3, 0.4) is 0 Å². The van der Waals surface area contributed by atoms with Crippen LogP contribution in [0, 0.1) is 5.82 Å². The molecule has 1 N–H and O–H groups in total. The predicted molar refractivity (Wildman–Crippen MR) is 90.0 cm³/mol. The smallest absolute Gasteiger partial charge is 0.157 e. The Labute approximate surface area is 136 Å². The maximum absolute atomic E-state index is 14.2. The van der Waals surface area contributed by atoms with Gasteiger partial charge in [-0.2, -0.15) is 0 Å². The molecule has 4 nitrogen and oxygen atoms in total. The molecule has 23 heavy (non-hydrogen) atoms. The molecule has 0 atom stereocenters. The quantitative estimate of drug-likeness (QED) is 0.611. The number of hydrogen-bond donors (Lipinski definition) is 1. The number of anilines is 1. The van der Waals surface area contributed by atoms with E-state index in [-0.39, 0.29) is 5.82 Å². The highest BCUT2D eigenvalue weighted by molar-refractivity contribution is 7.09. The van der Waals surface area contributed by atoms with Gasteiger partial charge in [-0.3, -0.25) is 9.38 Å². The van der Waals surface area contributed by atoms with Gasteiger partial charge in [0.1, 0.15) is 17.3 Å². The summed E-state index contributed by atoms with van der Waals surface area (Å²) in [7, 11) is 0. The Bertz CT molecular complexity index is 946. The van der Waals surface area contributed by atoms with Gasteiger partial charge in [-0.25, -0.2) is 9.37 Å². The molecule has 0 aliphatic carbocycles. The summed E-state index contributed by atoms with van der Waals surface area (Å²) >= 11 is 1.68. The highest BCUT2D eigenvalue weighted by Gasteiger charge is 2.16. The minimum absolute atomic E-state index is 0.289. The molecular weight excluding hydrogens is 311 g/mol. The van der Waals surface area contributed by atoms with Crippen LogP contribution in [0.25, 0.3) is 16.9 Å². The predicted octanol–water partition coefficient (Wildman–Crippen LogP) is 4.21. The Morgan fingerprint density at radius 2 is 2.09 bits per heavy atom. The van der Waals surface area contributed by atoms with Gasteiger partial charge in [0.2, 0.25) is 0 Å². The van der Waals surface area contributed by atoms with Crippen molar-refractivity contribution in [2.24, 2.45) is 0 Å². The molecule has 114 valence electrons. The van der Waals surface area contributed by atoms with Gasteiger partial charge in [-0.1, -0.05) is 18.2 Å². The van der Waals surface area contributed by atoms with Gasteiger partial charge in [0.15, 0.2) is 5.65 Å². The molecule has 3 aromatic heterocycles. The molecule has 3 heterocycles. The van der Waals surface area contributed by atoms with Gasteiger partial charge in [0.25, 0.3) is 0 Å². The molecule has 6 heteroatoms. The highest BCUT2D eigenvalue weighted by atomic mass is 32.1. The van der Waals surface area contributed by atoms with Crippen LogP contribution in [0.2, 0.25) is 0 Å². The van der Waals surface area contributed by atoms with Crippen LogP contribution in [-0.4, -0.2) is 14.4 Å². The van der Waals surface area contributed by atoms with Gasteiger partial charge in [0, 0.05) is 22.8 Å². The lowest BCUT2D eigenvalue weighted by Gasteiger charge is -2.08. The molecule has 0 aliphatic rings. The molecule has 4 aromatic rings.